The van der Waals surface area contributed by atoms with Gasteiger partial charge >= 0.3 is 25.0 Å². The molecule has 76 heavy (non-hydrogen) atoms. The number of imidazole rings is 2. The van der Waals surface area contributed by atoms with Crippen molar-refractivity contribution in [1.82, 2.24) is 39.8 Å². The van der Waals surface area contributed by atoms with E-state index in [-0.39, 0.29) is 30.6 Å². The molecule has 2 N–H and O–H groups in total. The van der Waals surface area contributed by atoms with Crippen molar-refractivity contribution >= 4 is 33.9 Å². The van der Waals surface area contributed by atoms with Gasteiger partial charge in [-0.05, 0) is 158 Å². The maximum Gasteiger partial charge on any atom is 1.00 e. The molecule has 0 aliphatic heterocycles. The van der Waals surface area contributed by atoms with Crippen molar-refractivity contribution in [1.29, 1.82) is 0 Å². The first kappa shape index (κ1) is 54.6. The Morgan fingerprint density at radius 3 is 1.91 bits per heavy atom. The Hall–Kier alpha value is -7.64. The first-order chi connectivity index (χ1) is 36.1. The molecule has 2 aromatic carbocycles. The zero-order valence-electron chi connectivity index (χ0n) is 44.5. The van der Waals surface area contributed by atoms with Crippen LogP contribution in [0.3, 0.4) is 0 Å². The van der Waals surface area contributed by atoms with Gasteiger partial charge in [0.1, 0.15) is 45.7 Å². The zero-order valence-corrected chi connectivity index (χ0v) is 44.5. The monoisotopic (exact) mass is 1020 g/mol. The Morgan fingerprint density at radius 1 is 0.776 bits per heavy atom. The van der Waals surface area contributed by atoms with Gasteiger partial charge in [-0.15, -0.1) is 0 Å². The van der Waals surface area contributed by atoms with Gasteiger partial charge in [-0.2, -0.15) is 6.42 Å². The van der Waals surface area contributed by atoms with Crippen LogP contribution in [0.15, 0.2) is 134 Å². The van der Waals surface area contributed by atoms with Gasteiger partial charge in [0, 0.05) is 40.9 Å². The van der Waals surface area contributed by atoms with Crippen molar-refractivity contribution in [3.8, 4) is 22.3 Å². The number of hydrogen-bond acceptors (Lipinski definition) is 14. The van der Waals surface area contributed by atoms with Crippen molar-refractivity contribution in [3.63, 3.8) is 0 Å². The molecule has 0 bridgehead atoms. The van der Waals surface area contributed by atoms with Crippen molar-refractivity contribution in [2.75, 3.05) is 0 Å². The van der Waals surface area contributed by atoms with E-state index in [2.05, 4.69) is 43.5 Å². The molecule has 10 aromatic rings. The number of rotatable bonds is 10. The van der Waals surface area contributed by atoms with E-state index < -0.39 is 17.3 Å². The summed E-state index contributed by atoms with van der Waals surface area (Å²) >= 11 is 0. The predicted octanol–water partition coefficient (Wildman–Crippen LogP) is 10.5. The van der Waals surface area contributed by atoms with E-state index in [4.69, 9.17) is 28.2 Å². The largest absolute Gasteiger partial charge is 1.00 e. The number of fused-ring (bicyclic) bond motifs is 2. The van der Waals surface area contributed by atoms with Crippen LogP contribution in [0.1, 0.15) is 146 Å². The number of unbranched alkanes of at least 4 members (excludes halogenated alkanes) is 1. The summed E-state index contributed by atoms with van der Waals surface area (Å²) in [6.07, 6.45) is 13.9. The third kappa shape index (κ3) is 11.6. The van der Waals surface area contributed by atoms with E-state index in [9.17, 15) is 14.7 Å². The van der Waals surface area contributed by atoms with Crippen LogP contribution in [-0.4, -0.2) is 62.4 Å². The second-order valence-corrected chi connectivity index (χ2v) is 19.8. The second kappa shape index (κ2) is 23.1. The summed E-state index contributed by atoms with van der Waals surface area (Å²) in [4.78, 5) is 48.9. The van der Waals surface area contributed by atoms with Crippen LogP contribution in [0.4, 0.5) is 4.79 Å². The summed E-state index contributed by atoms with van der Waals surface area (Å²) in [6.45, 7) is 18.7. The van der Waals surface area contributed by atoms with Gasteiger partial charge in [-0.25, -0.2) is 19.3 Å². The zero-order chi connectivity index (χ0) is 53.0. The van der Waals surface area contributed by atoms with Gasteiger partial charge in [0.2, 0.25) is 5.78 Å². The fourth-order valence-electron chi connectivity index (χ4n) is 8.84. The Kier molecular flexibility index (Phi) is 16.6. The average molecular weight is 1020 g/mol. The van der Waals surface area contributed by atoms with Crippen LogP contribution in [0, 0.1) is 34.6 Å². The number of aliphatic hydroxyl groups is 1. The first-order valence-corrected chi connectivity index (χ1v) is 25.2. The molecule has 16 nitrogen and oxygen atoms in total. The number of aryl methyl sites for hydroxylation is 4. The first-order valence-electron chi connectivity index (χ1n) is 25.2. The number of benzene rings is 2. The molecule has 17 heteroatoms. The van der Waals surface area contributed by atoms with Gasteiger partial charge in [0.25, 0.3) is 0 Å². The molecule has 0 spiro atoms. The number of carbonyl (C=O) groups excluding carboxylic acids is 2. The normalized spacial score (nSPS) is 13.8. The fraction of sp³-hybridized carbons (Fsp3) is 0.305. The van der Waals surface area contributed by atoms with Crippen molar-refractivity contribution in [2.24, 2.45) is 0 Å². The number of ether oxygens (including phenoxy) is 1. The van der Waals surface area contributed by atoms with Crippen LogP contribution in [0.2, 0.25) is 0 Å². The number of ketones is 1. The van der Waals surface area contributed by atoms with Crippen LogP contribution in [0.25, 0.3) is 44.3 Å². The maximum atomic E-state index is 13.6. The van der Waals surface area contributed by atoms with Crippen LogP contribution < -0.4 is 18.9 Å². The van der Waals surface area contributed by atoms with Gasteiger partial charge in [-0.3, -0.25) is 14.8 Å². The van der Waals surface area contributed by atoms with Gasteiger partial charge in [0.05, 0.1) is 58.0 Å². The van der Waals surface area contributed by atoms with E-state index in [1.165, 1.54) is 11.0 Å². The number of pyridine rings is 2. The minimum absolute atomic E-state index is 0. The van der Waals surface area contributed by atoms with E-state index >= 15 is 0 Å². The molecule has 0 amide bonds. The molecule has 8 aromatic heterocycles. The van der Waals surface area contributed by atoms with Crippen LogP contribution in [0.5, 0.6) is 0 Å². The Bertz CT molecular complexity index is 3490. The number of hydrogen-bond donors (Lipinski definition) is 2. The number of aromatic amines is 1. The minimum Gasteiger partial charge on any atom is -0.473 e. The summed E-state index contributed by atoms with van der Waals surface area (Å²) in [5.41, 5.74) is 6.71. The molecule has 386 valence electrons. The van der Waals surface area contributed by atoms with Crippen molar-refractivity contribution in [3.05, 3.63) is 186 Å². The topological polar surface area (TPSA) is 214 Å². The van der Waals surface area contributed by atoms with E-state index in [0.717, 1.165) is 71.4 Å². The van der Waals surface area contributed by atoms with E-state index in [1.807, 2.05) is 90.9 Å². The molecular formula is C59H61LiN8O8. The molecule has 0 radical (unpaired) electrons. The SMILES string of the molecule is Cc1noc(C)c1-c1cc(C(=O)c2ccccn2)c2nc(C3CC3)n(C(=O)OC(C)(C)C)c2c1.Cc1noc(C)c1-c1cc(C(O)(c2ccccn2)c2ccco2)c2nc(C3CC3)[nH]c2c1.[CH2-]CCC.[Li+].c1ccoc1. The van der Waals surface area contributed by atoms with Gasteiger partial charge in [-0.1, -0.05) is 35.8 Å². The molecule has 12 rings (SSSR count). The second-order valence-electron chi connectivity index (χ2n) is 19.8. The summed E-state index contributed by atoms with van der Waals surface area (Å²) in [5.74, 6) is 3.60. The number of furan rings is 2. The number of H-pyrrole nitrogens is 1. The number of nitrogens with one attached hydrogen (secondary N) is 1. The summed E-state index contributed by atoms with van der Waals surface area (Å²) in [7, 11) is 0. The Balaban J connectivity index is 0.000000171. The molecule has 1 unspecified atom stereocenters. The molecule has 2 aliphatic rings. The number of nitrogens with zero attached hydrogens (tertiary/aromatic N) is 7. The molecule has 8 heterocycles. The smallest absolute Gasteiger partial charge is 0.473 e. The number of aromatic nitrogens is 8. The maximum absolute atomic E-state index is 13.6. The van der Waals surface area contributed by atoms with Crippen molar-refractivity contribution in [2.45, 2.75) is 117 Å². The summed E-state index contributed by atoms with van der Waals surface area (Å²) in [5, 5.41) is 20.5. The third-order valence-electron chi connectivity index (χ3n) is 12.7. The third-order valence-corrected chi connectivity index (χ3v) is 12.7. The Morgan fingerprint density at radius 2 is 1.41 bits per heavy atom. The minimum atomic E-state index is -1.63. The standard InChI is InChI=1S/C26H26N4O4.C25H22N4O3.C4H4O.C4H9.Li/c1-14-21(15(2)34-29-14)17-12-18(23(31)19-8-6-7-11-27-19)22-20(13-17)30(24(28-22)16-9-10-16)25(32)33-26(3,4)5;1-14-22(15(2)32-29-14)17-12-18(23-19(13-17)27-24(28-23)16-8-9-16)25(30,21-7-5-11-31-21)20-6-3-4-10-26-20;1-2-4-5-3-1;1-3-4-2;/h6-8,11-13,16H,9-10H2,1-5H3;3-7,10-13,16,30H,8-9H2,1-2H3,(H,27,28);1-4H;1,3-4H2,2H3;/q;;;-1;+1. The molecule has 2 aliphatic carbocycles. The van der Waals surface area contributed by atoms with Crippen LogP contribution >= 0.6 is 0 Å². The van der Waals surface area contributed by atoms with Gasteiger partial charge in [0.15, 0.2) is 5.60 Å². The summed E-state index contributed by atoms with van der Waals surface area (Å²) < 4.78 is 28.4. The quantitative estimate of drug-likeness (QED) is 0.0741. The molecular weight excluding hydrogens is 956 g/mol. The number of carbonyl (C=O) groups is 2. The van der Waals surface area contributed by atoms with E-state index in [1.54, 1.807) is 73.6 Å². The molecule has 2 fully saturated rings. The van der Waals surface area contributed by atoms with Crippen LogP contribution in [-0.2, 0) is 10.3 Å². The predicted molar refractivity (Wildman–Crippen MR) is 283 cm³/mol. The average Bonchev–Trinajstić information content (AvgIpc) is 3.90. The summed E-state index contributed by atoms with van der Waals surface area (Å²) in [6, 6.07) is 25.5. The molecule has 1 atom stereocenters. The van der Waals surface area contributed by atoms with Crippen molar-refractivity contribution < 1.29 is 56.2 Å². The van der Waals surface area contributed by atoms with E-state index in [0.29, 0.717) is 73.8 Å². The fourth-order valence-corrected chi connectivity index (χ4v) is 8.84. The molecule has 0 saturated heterocycles. The Labute approximate surface area is 452 Å². The van der Waals surface area contributed by atoms with Gasteiger partial charge < -0.3 is 39.6 Å². The molecule has 2 saturated carbocycles.